The standard InChI is InChI=1S/C16H27N9O4/c26-13-18-1-3-22(13)11-24-7-5-20(15(24)28)9-17-10-21-6-8-25(16(21)29)12-23-4-2-19-14(23)27/h17H,1-12H2,(H,18,26)(H,19,27). The van der Waals surface area contributed by atoms with Gasteiger partial charge in [0.15, 0.2) is 0 Å². The highest BCUT2D eigenvalue weighted by Crippen LogP contribution is 2.12. The van der Waals surface area contributed by atoms with Crippen molar-refractivity contribution in [3.05, 3.63) is 0 Å². The number of urea groups is 4. The van der Waals surface area contributed by atoms with Crippen LogP contribution in [-0.2, 0) is 0 Å². The highest BCUT2D eigenvalue weighted by atomic mass is 16.2. The van der Waals surface area contributed by atoms with Gasteiger partial charge in [0.25, 0.3) is 0 Å². The Hall–Kier alpha value is -2.96. The van der Waals surface area contributed by atoms with E-state index >= 15 is 0 Å². The smallest absolute Gasteiger partial charge is 0.322 e. The van der Waals surface area contributed by atoms with E-state index in [9.17, 15) is 19.2 Å². The number of hydrogen-bond acceptors (Lipinski definition) is 5. The van der Waals surface area contributed by atoms with Crippen molar-refractivity contribution in [2.75, 3.05) is 79.0 Å². The fourth-order valence-electron chi connectivity index (χ4n) is 3.85. The van der Waals surface area contributed by atoms with E-state index in [0.717, 1.165) is 0 Å². The van der Waals surface area contributed by atoms with E-state index in [1.165, 1.54) is 0 Å². The van der Waals surface area contributed by atoms with E-state index in [2.05, 4.69) is 16.0 Å². The van der Waals surface area contributed by atoms with Crippen LogP contribution in [0.1, 0.15) is 0 Å². The highest BCUT2D eigenvalue weighted by Gasteiger charge is 2.34. The largest absolute Gasteiger partial charge is 0.336 e. The predicted octanol–water partition coefficient (Wildman–Crippen LogP) is -2.07. The predicted molar refractivity (Wildman–Crippen MR) is 100 cm³/mol. The maximum absolute atomic E-state index is 12.5. The molecule has 0 spiro atoms. The van der Waals surface area contributed by atoms with Gasteiger partial charge in [0, 0.05) is 52.4 Å². The van der Waals surface area contributed by atoms with E-state index in [1.54, 1.807) is 29.4 Å². The molecule has 13 nitrogen and oxygen atoms in total. The lowest BCUT2D eigenvalue weighted by Crippen LogP contribution is -2.46. The third kappa shape index (κ3) is 4.09. The summed E-state index contributed by atoms with van der Waals surface area (Å²) < 4.78 is 0. The average Bonchev–Trinajstić information content (AvgIpc) is 3.46. The van der Waals surface area contributed by atoms with Crippen molar-refractivity contribution in [3.63, 3.8) is 0 Å². The van der Waals surface area contributed by atoms with Crippen molar-refractivity contribution in [2.24, 2.45) is 0 Å². The summed E-state index contributed by atoms with van der Waals surface area (Å²) in [6, 6.07) is -0.519. The van der Waals surface area contributed by atoms with E-state index in [-0.39, 0.29) is 24.1 Å². The van der Waals surface area contributed by atoms with E-state index in [1.807, 2.05) is 0 Å². The Bertz CT molecular complexity index is 633. The molecule has 4 aliphatic heterocycles. The molecule has 4 rings (SSSR count). The first-order valence-electron chi connectivity index (χ1n) is 9.87. The number of carbonyl (C=O) groups is 4. The van der Waals surface area contributed by atoms with Crippen LogP contribution in [0, 0.1) is 0 Å². The van der Waals surface area contributed by atoms with Crippen LogP contribution in [0.25, 0.3) is 0 Å². The lowest BCUT2D eigenvalue weighted by molar-refractivity contribution is 0.156. The van der Waals surface area contributed by atoms with Gasteiger partial charge in [-0.15, -0.1) is 0 Å². The molecule has 0 unspecified atom stereocenters. The molecule has 13 heteroatoms. The van der Waals surface area contributed by atoms with Gasteiger partial charge < -0.3 is 40.0 Å². The Morgan fingerprint density at radius 1 is 0.586 bits per heavy atom. The second-order valence-electron chi connectivity index (χ2n) is 7.46. The molecular formula is C16H27N9O4. The molecule has 8 amide bonds. The van der Waals surface area contributed by atoms with Crippen molar-refractivity contribution >= 4 is 24.1 Å². The molecule has 4 aliphatic rings. The molecule has 4 saturated heterocycles. The topological polar surface area (TPSA) is 124 Å². The summed E-state index contributed by atoms with van der Waals surface area (Å²) in [6.07, 6.45) is 0. The Morgan fingerprint density at radius 2 is 1.00 bits per heavy atom. The van der Waals surface area contributed by atoms with Gasteiger partial charge in [0.1, 0.15) is 0 Å². The van der Waals surface area contributed by atoms with Gasteiger partial charge in [0.05, 0.1) is 26.7 Å². The van der Waals surface area contributed by atoms with Gasteiger partial charge in [-0.2, -0.15) is 0 Å². The van der Waals surface area contributed by atoms with E-state index < -0.39 is 0 Å². The zero-order valence-corrected chi connectivity index (χ0v) is 16.3. The molecule has 0 aromatic heterocycles. The van der Waals surface area contributed by atoms with Gasteiger partial charge in [-0.3, -0.25) is 5.32 Å². The van der Waals surface area contributed by atoms with Gasteiger partial charge in [0.2, 0.25) is 0 Å². The lowest BCUT2D eigenvalue weighted by Gasteiger charge is -2.25. The van der Waals surface area contributed by atoms with Crippen LogP contribution in [-0.4, -0.2) is 133 Å². The third-order valence-electron chi connectivity index (χ3n) is 5.54. The molecule has 4 heterocycles. The summed E-state index contributed by atoms with van der Waals surface area (Å²) in [5, 5.41) is 8.60. The molecule has 0 aliphatic carbocycles. The molecule has 0 aromatic carbocycles. The summed E-state index contributed by atoms with van der Waals surface area (Å²) in [5.74, 6) is 0. The number of amides is 8. The van der Waals surface area contributed by atoms with E-state index in [0.29, 0.717) is 79.0 Å². The summed E-state index contributed by atoms with van der Waals surface area (Å²) in [7, 11) is 0. The number of nitrogens with one attached hydrogen (secondary N) is 3. The lowest BCUT2D eigenvalue weighted by atomic mass is 10.6. The summed E-state index contributed by atoms with van der Waals surface area (Å²) >= 11 is 0. The van der Waals surface area contributed by atoms with Crippen molar-refractivity contribution in [3.8, 4) is 0 Å². The second-order valence-corrected chi connectivity index (χ2v) is 7.46. The van der Waals surface area contributed by atoms with Crippen LogP contribution < -0.4 is 16.0 Å². The Balaban J connectivity index is 1.17. The molecule has 29 heavy (non-hydrogen) atoms. The number of hydrogen-bond donors (Lipinski definition) is 3. The number of carbonyl (C=O) groups excluding carboxylic acids is 4. The second kappa shape index (κ2) is 8.19. The molecule has 160 valence electrons. The van der Waals surface area contributed by atoms with Crippen LogP contribution in [0.5, 0.6) is 0 Å². The zero-order chi connectivity index (χ0) is 20.4. The Kier molecular flexibility index (Phi) is 5.47. The molecule has 0 bridgehead atoms. The van der Waals surface area contributed by atoms with Crippen LogP contribution >= 0.6 is 0 Å². The molecule has 0 radical (unpaired) electrons. The SMILES string of the molecule is O=C1NCCN1CN1CCN(CNCN2CCN(CN3CCNC3=O)C2=O)C1=O. The van der Waals surface area contributed by atoms with Gasteiger partial charge >= 0.3 is 24.1 Å². The van der Waals surface area contributed by atoms with Crippen molar-refractivity contribution < 1.29 is 19.2 Å². The molecule has 4 fully saturated rings. The number of nitrogens with zero attached hydrogens (tertiary/aromatic N) is 6. The molecule has 0 atom stereocenters. The summed E-state index contributed by atoms with van der Waals surface area (Å²) in [6.45, 7) is 5.97. The molecular weight excluding hydrogens is 382 g/mol. The average molecular weight is 409 g/mol. The summed E-state index contributed by atoms with van der Waals surface area (Å²) in [5.41, 5.74) is 0. The Labute approximate surface area is 168 Å². The van der Waals surface area contributed by atoms with Crippen molar-refractivity contribution in [1.29, 1.82) is 0 Å². The first-order valence-corrected chi connectivity index (χ1v) is 9.87. The fourth-order valence-corrected chi connectivity index (χ4v) is 3.85. The van der Waals surface area contributed by atoms with Crippen LogP contribution in [0.2, 0.25) is 0 Å². The van der Waals surface area contributed by atoms with Gasteiger partial charge in [-0.1, -0.05) is 0 Å². The zero-order valence-electron chi connectivity index (χ0n) is 16.3. The summed E-state index contributed by atoms with van der Waals surface area (Å²) in [4.78, 5) is 58.1. The normalized spacial score (nSPS) is 22.5. The minimum Gasteiger partial charge on any atom is -0.336 e. The van der Waals surface area contributed by atoms with E-state index in [4.69, 9.17) is 0 Å². The Morgan fingerprint density at radius 3 is 1.38 bits per heavy atom. The number of rotatable bonds is 8. The maximum atomic E-state index is 12.5. The third-order valence-corrected chi connectivity index (χ3v) is 5.54. The molecule has 3 N–H and O–H groups in total. The van der Waals surface area contributed by atoms with Crippen LogP contribution in [0.4, 0.5) is 19.2 Å². The van der Waals surface area contributed by atoms with Gasteiger partial charge in [-0.05, 0) is 0 Å². The monoisotopic (exact) mass is 409 g/mol. The molecule has 0 saturated carbocycles. The van der Waals surface area contributed by atoms with Crippen LogP contribution in [0.3, 0.4) is 0 Å². The minimum absolute atomic E-state index is 0.119. The molecule has 0 aromatic rings. The van der Waals surface area contributed by atoms with Crippen molar-refractivity contribution in [2.45, 2.75) is 0 Å². The quantitative estimate of drug-likeness (QED) is 0.425. The van der Waals surface area contributed by atoms with Gasteiger partial charge in [-0.25, -0.2) is 19.2 Å². The highest BCUT2D eigenvalue weighted by molar-refractivity contribution is 5.80. The first-order chi connectivity index (χ1) is 14.0. The first kappa shape index (κ1) is 19.4. The fraction of sp³-hybridized carbons (Fsp3) is 0.750. The maximum Gasteiger partial charge on any atom is 0.322 e. The van der Waals surface area contributed by atoms with Crippen molar-refractivity contribution in [1.82, 2.24) is 45.3 Å². The van der Waals surface area contributed by atoms with Crippen LogP contribution in [0.15, 0.2) is 0 Å². The minimum atomic E-state index is -0.141.